The molecule has 0 saturated heterocycles. The van der Waals surface area contributed by atoms with Crippen LogP contribution in [0.5, 0.6) is 17.2 Å². The predicted molar refractivity (Wildman–Crippen MR) is 93.8 cm³/mol. The number of hydrogen-bond donors (Lipinski definition) is 2. The van der Waals surface area contributed by atoms with Crippen molar-refractivity contribution >= 4 is 11.4 Å². The van der Waals surface area contributed by atoms with Gasteiger partial charge in [0.15, 0.2) is 0 Å². The zero-order valence-electron chi connectivity index (χ0n) is 12.8. The lowest BCUT2D eigenvalue weighted by Gasteiger charge is -2.13. The minimum atomic E-state index is 0.685. The molecule has 116 valence electrons. The number of methoxy groups -OCH3 is 1. The van der Waals surface area contributed by atoms with Gasteiger partial charge >= 0.3 is 0 Å². The number of benzene rings is 3. The monoisotopic (exact) mass is 306 g/mol. The summed E-state index contributed by atoms with van der Waals surface area (Å²) in [6.07, 6.45) is 0. The fraction of sp³-hybridized carbons (Fsp3) is 0.0526. The highest BCUT2D eigenvalue weighted by Gasteiger charge is 2.10. The molecule has 3 aromatic carbocycles. The van der Waals surface area contributed by atoms with Crippen LogP contribution in [0.4, 0.5) is 11.4 Å². The number of nitrogen functional groups attached to an aromatic ring is 2. The maximum atomic E-state index is 6.05. The first-order valence-electron chi connectivity index (χ1n) is 7.23. The average Bonchev–Trinajstić information content (AvgIpc) is 2.57. The summed E-state index contributed by atoms with van der Waals surface area (Å²) in [7, 11) is 1.63. The summed E-state index contributed by atoms with van der Waals surface area (Å²) >= 11 is 0. The second-order valence-electron chi connectivity index (χ2n) is 5.12. The molecule has 0 heterocycles. The van der Waals surface area contributed by atoms with E-state index in [2.05, 4.69) is 0 Å². The minimum absolute atomic E-state index is 0.685. The third-order valence-electron chi connectivity index (χ3n) is 3.54. The molecular formula is C19H18N2O2. The predicted octanol–water partition coefficient (Wildman–Crippen LogP) is 4.32. The van der Waals surface area contributed by atoms with E-state index < -0.39 is 0 Å². The van der Waals surface area contributed by atoms with E-state index in [1.54, 1.807) is 19.2 Å². The second-order valence-corrected chi connectivity index (χ2v) is 5.12. The van der Waals surface area contributed by atoms with Crippen molar-refractivity contribution in [2.45, 2.75) is 0 Å². The maximum Gasteiger partial charge on any atom is 0.131 e. The first kappa shape index (κ1) is 14.8. The number of nitrogens with two attached hydrogens (primary N) is 2. The summed E-state index contributed by atoms with van der Waals surface area (Å²) in [5.41, 5.74) is 15.0. The molecule has 0 atom stereocenters. The molecule has 0 unspecified atom stereocenters. The van der Waals surface area contributed by atoms with E-state index in [-0.39, 0.29) is 0 Å². The number of hydrogen-bond acceptors (Lipinski definition) is 4. The highest BCUT2D eigenvalue weighted by atomic mass is 16.5. The third kappa shape index (κ3) is 3.21. The van der Waals surface area contributed by atoms with Gasteiger partial charge in [-0.15, -0.1) is 0 Å². The summed E-state index contributed by atoms with van der Waals surface area (Å²) in [4.78, 5) is 0. The molecule has 4 nitrogen and oxygen atoms in total. The second kappa shape index (κ2) is 6.32. The van der Waals surface area contributed by atoms with Gasteiger partial charge in [0.1, 0.15) is 17.2 Å². The molecule has 0 radical (unpaired) electrons. The summed E-state index contributed by atoms with van der Waals surface area (Å²) in [6.45, 7) is 0. The van der Waals surface area contributed by atoms with Crippen molar-refractivity contribution in [2.75, 3.05) is 18.6 Å². The van der Waals surface area contributed by atoms with Gasteiger partial charge in [0, 0.05) is 28.6 Å². The summed E-state index contributed by atoms with van der Waals surface area (Å²) in [6, 6.07) is 20.6. The molecule has 0 bridgehead atoms. The fourth-order valence-electron chi connectivity index (χ4n) is 2.37. The van der Waals surface area contributed by atoms with E-state index in [0.29, 0.717) is 28.6 Å². The van der Waals surface area contributed by atoms with E-state index in [1.165, 1.54) is 0 Å². The number of anilines is 2. The Kier molecular flexibility index (Phi) is 4.06. The van der Waals surface area contributed by atoms with Gasteiger partial charge in [-0.05, 0) is 42.5 Å². The van der Waals surface area contributed by atoms with Crippen molar-refractivity contribution in [1.29, 1.82) is 0 Å². The van der Waals surface area contributed by atoms with Crippen LogP contribution in [-0.2, 0) is 0 Å². The van der Waals surface area contributed by atoms with Crippen LogP contribution in [0, 0.1) is 0 Å². The molecule has 0 saturated carbocycles. The van der Waals surface area contributed by atoms with E-state index in [1.807, 2.05) is 54.6 Å². The molecule has 4 N–H and O–H groups in total. The Morgan fingerprint density at radius 3 is 2.13 bits per heavy atom. The number of ether oxygens (including phenoxy) is 2. The van der Waals surface area contributed by atoms with Gasteiger partial charge in [-0.1, -0.05) is 18.2 Å². The van der Waals surface area contributed by atoms with Crippen LogP contribution in [0.2, 0.25) is 0 Å². The smallest absolute Gasteiger partial charge is 0.131 e. The normalized spacial score (nSPS) is 10.3. The van der Waals surface area contributed by atoms with E-state index in [4.69, 9.17) is 20.9 Å². The molecule has 0 fully saturated rings. The minimum Gasteiger partial charge on any atom is -0.496 e. The molecule has 0 aliphatic rings. The van der Waals surface area contributed by atoms with Gasteiger partial charge in [0.05, 0.1) is 7.11 Å². The van der Waals surface area contributed by atoms with Gasteiger partial charge < -0.3 is 20.9 Å². The number of rotatable bonds is 4. The standard InChI is InChI=1S/C19H18N2O2/c1-22-19-12-15(23-14-8-6-13(20)7-9-14)10-11-17(19)16-4-2-3-5-18(16)21/h2-12H,20-21H2,1H3. The third-order valence-corrected chi connectivity index (χ3v) is 3.54. The van der Waals surface area contributed by atoms with E-state index in [9.17, 15) is 0 Å². The van der Waals surface area contributed by atoms with Gasteiger partial charge in [-0.3, -0.25) is 0 Å². The lowest BCUT2D eigenvalue weighted by Crippen LogP contribution is -1.94. The lowest BCUT2D eigenvalue weighted by atomic mass is 10.0. The van der Waals surface area contributed by atoms with Crippen LogP contribution in [0.1, 0.15) is 0 Å². The first-order chi connectivity index (χ1) is 11.2. The van der Waals surface area contributed by atoms with Crippen LogP contribution in [0.3, 0.4) is 0 Å². The summed E-state index contributed by atoms with van der Waals surface area (Å²) in [5.74, 6) is 2.11. The van der Waals surface area contributed by atoms with Gasteiger partial charge in [-0.25, -0.2) is 0 Å². The Balaban J connectivity index is 1.94. The summed E-state index contributed by atoms with van der Waals surface area (Å²) in [5, 5.41) is 0. The highest BCUT2D eigenvalue weighted by molar-refractivity contribution is 5.80. The average molecular weight is 306 g/mol. The molecule has 0 aliphatic heterocycles. The Morgan fingerprint density at radius 1 is 0.739 bits per heavy atom. The van der Waals surface area contributed by atoms with E-state index >= 15 is 0 Å². The molecule has 0 amide bonds. The van der Waals surface area contributed by atoms with Crippen LogP contribution in [0.25, 0.3) is 11.1 Å². The van der Waals surface area contributed by atoms with Crippen molar-refractivity contribution in [3.8, 4) is 28.4 Å². The fourth-order valence-corrected chi connectivity index (χ4v) is 2.37. The molecule has 4 heteroatoms. The molecule has 0 spiro atoms. The molecule has 3 aromatic rings. The topological polar surface area (TPSA) is 70.5 Å². The molecule has 23 heavy (non-hydrogen) atoms. The van der Waals surface area contributed by atoms with E-state index in [0.717, 1.165) is 11.1 Å². The SMILES string of the molecule is COc1cc(Oc2ccc(N)cc2)ccc1-c1ccccc1N. The van der Waals surface area contributed by atoms with Crippen molar-refractivity contribution in [2.24, 2.45) is 0 Å². The molecular weight excluding hydrogens is 288 g/mol. The Bertz CT molecular complexity index is 814. The quantitative estimate of drug-likeness (QED) is 0.704. The summed E-state index contributed by atoms with van der Waals surface area (Å²) < 4.78 is 11.3. The Morgan fingerprint density at radius 2 is 1.43 bits per heavy atom. The van der Waals surface area contributed by atoms with Crippen LogP contribution >= 0.6 is 0 Å². The zero-order chi connectivity index (χ0) is 16.2. The van der Waals surface area contributed by atoms with Crippen LogP contribution < -0.4 is 20.9 Å². The Labute approximate surface area is 135 Å². The van der Waals surface area contributed by atoms with Gasteiger partial charge in [0.2, 0.25) is 0 Å². The van der Waals surface area contributed by atoms with Crippen molar-refractivity contribution in [1.82, 2.24) is 0 Å². The lowest BCUT2D eigenvalue weighted by molar-refractivity contribution is 0.410. The van der Waals surface area contributed by atoms with Crippen LogP contribution in [-0.4, -0.2) is 7.11 Å². The van der Waals surface area contributed by atoms with Crippen LogP contribution in [0.15, 0.2) is 66.7 Å². The largest absolute Gasteiger partial charge is 0.496 e. The Hall–Kier alpha value is -3.14. The number of para-hydroxylation sites is 1. The molecule has 0 aromatic heterocycles. The first-order valence-corrected chi connectivity index (χ1v) is 7.23. The molecule has 0 aliphatic carbocycles. The van der Waals surface area contributed by atoms with Crippen molar-refractivity contribution in [3.63, 3.8) is 0 Å². The van der Waals surface area contributed by atoms with Gasteiger partial charge in [0.25, 0.3) is 0 Å². The zero-order valence-corrected chi connectivity index (χ0v) is 12.8. The molecule has 3 rings (SSSR count). The van der Waals surface area contributed by atoms with Crippen molar-refractivity contribution < 1.29 is 9.47 Å². The highest BCUT2D eigenvalue weighted by Crippen LogP contribution is 2.37. The maximum absolute atomic E-state index is 6.05. The van der Waals surface area contributed by atoms with Gasteiger partial charge in [-0.2, -0.15) is 0 Å². The van der Waals surface area contributed by atoms with Crippen molar-refractivity contribution in [3.05, 3.63) is 66.7 Å².